The van der Waals surface area contributed by atoms with Crippen molar-refractivity contribution < 1.29 is 62.2 Å². The molecule has 6 atom stereocenters. The maximum Gasteiger partial charge on any atom is 0.417 e. The Morgan fingerprint density at radius 1 is 1.28 bits per heavy atom. The van der Waals surface area contributed by atoms with Gasteiger partial charge >= 0.3 is 23.6 Å². The molecule has 15 heteroatoms. The maximum atomic E-state index is 13.3. The van der Waals surface area contributed by atoms with Crippen molar-refractivity contribution in [3.8, 4) is 5.75 Å². The number of aliphatic hydroxyl groups is 4. The summed E-state index contributed by atoms with van der Waals surface area (Å²) in [5.41, 5.74) is -3.21. The first-order valence-electron chi connectivity index (χ1n) is 10.4. The quantitative estimate of drug-likeness (QED) is 0.253. The summed E-state index contributed by atoms with van der Waals surface area (Å²) >= 11 is 0. The number of carboxylic acid groups (broad SMARTS) is 1. The molecule has 1 amide bonds. The van der Waals surface area contributed by atoms with Crippen LogP contribution in [-0.4, -0.2) is 80.3 Å². The Labute approximate surface area is 199 Å². The third-order valence-electron chi connectivity index (χ3n) is 5.49. The topological polar surface area (TPSA) is 196 Å². The number of rotatable bonds is 7. The molecule has 0 bridgehead atoms. The first kappa shape index (κ1) is 27.3. The molecule has 1 aliphatic heterocycles. The van der Waals surface area contributed by atoms with Crippen LogP contribution in [0, 0.1) is 0 Å². The van der Waals surface area contributed by atoms with Gasteiger partial charge in [-0.05, 0) is 12.1 Å². The fourth-order valence-corrected chi connectivity index (χ4v) is 3.86. The van der Waals surface area contributed by atoms with Crippen molar-refractivity contribution in [2.75, 3.05) is 6.61 Å². The molecule has 1 fully saturated rings. The van der Waals surface area contributed by atoms with E-state index in [-0.39, 0.29) is 6.07 Å². The van der Waals surface area contributed by atoms with Gasteiger partial charge in [-0.25, -0.2) is 9.59 Å². The van der Waals surface area contributed by atoms with Crippen LogP contribution in [0.2, 0.25) is 0 Å². The van der Waals surface area contributed by atoms with Crippen LogP contribution in [0.25, 0.3) is 11.0 Å². The number of hydrogen-bond donors (Lipinski definition) is 6. The zero-order valence-corrected chi connectivity index (χ0v) is 18.4. The summed E-state index contributed by atoms with van der Waals surface area (Å²) in [5.74, 6) is -5.78. The highest BCUT2D eigenvalue weighted by Crippen LogP contribution is 2.38. The summed E-state index contributed by atoms with van der Waals surface area (Å²) in [5, 5.41) is 51.7. The van der Waals surface area contributed by atoms with Crippen LogP contribution >= 0.6 is 0 Å². The molecule has 1 aromatic carbocycles. The van der Waals surface area contributed by atoms with Crippen LogP contribution in [-0.2, 0) is 20.5 Å². The van der Waals surface area contributed by atoms with Crippen molar-refractivity contribution in [2.45, 2.75) is 55.8 Å². The second-order valence-corrected chi connectivity index (χ2v) is 8.12. The molecule has 1 saturated heterocycles. The normalized spacial score (nSPS) is 26.3. The summed E-state index contributed by atoms with van der Waals surface area (Å²) in [6, 6.07) is 1.42. The molecule has 1 aromatic heterocycles. The predicted octanol–water partition coefficient (Wildman–Crippen LogP) is -0.660. The first-order valence-corrected chi connectivity index (χ1v) is 10.4. The van der Waals surface area contributed by atoms with Crippen LogP contribution in [0.4, 0.5) is 13.2 Å². The van der Waals surface area contributed by atoms with Crippen LogP contribution in [0.15, 0.2) is 33.5 Å². The van der Waals surface area contributed by atoms with Gasteiger partial charge in [0.1, 0.15) is 29.6 Å². The fraction of sp³-hybridized carbons (Fsp3) is 0.476. The number of aliphatic hydroxyl groups excluding tert-OH is 4. The van der Waals surface area contributed by atoms with Gasteiger partial charge in [-0.2, -0.15) is 13.2 Å². The molecule has 0 spiro atoms. The number of halogens is 3. The van der Waals surface area contributed by atoms with E-state index in [1.807, 2.05) is 0 Å². The number of ether oxygens (including phenoxy) is 2. The molecule has 1 aliphatic rings. The summed E-state index contributed by atoms with van der Waals surface area (Å²) in [6.45, 7) is 0.0718. The van der Waals surface area contributed by atoms with E-state index in [0.717, 1.165) is 25.1 Å². The lowest BCUT2D eigenvalue weighted by Gasteiger charge is -2.46. The Kier molecular flexibility index (Phi) is 7.61. The molecule has 3 rings (SSSR count). The predicted molar refractivity (Wildman–Crippen MR) is 111 cm³/mol. The molecule has 2 heterocycles. The maximum absolute atomic E-state index is 13.3. The standard InChI is InChI=1S/C21H22F3NO11/c1-8(27)25-16-12(28)6-20(19(32)33,36-18(16)17(31)13(29)7-26)35-9-2-3-10-11(21(22,23)24)5-15(30)34-14(10)4-9/h2-5,12-13,16-18,26,28-29,31H,6-7H2,1H3,(H,25,27)(H,32,33). The van der Waals surface area contributed by atoms with Crippen LogP contribution in [0.5, 0.6) is 5.75 Å². The number of fused-ring (bicyclic) bond motifs is 1. The number of carbonyl (C=O) groups excluding carboxylic acids is 1. The van der Waals surface area contributed by atoms with Gasteiger partial charge in [0.15, 0.2) is 0 Å². The van der Waals surface area contributed by atoms with Gasteiger partial charge < -0.3 is 44.7 Å². The number of nitrogens with one attached hydrogen (secondary N) is 1. The van der Waals surface area contributed by atoms with Crippen molar-refractivity contribution in [3.63, 3.8) is 0 Å². The summed E-state index contributed by atoms with van der Waals surface area (Å²) in [6.07, 6.45) is -13.2. The van der Waals surface area contributed by atoms with Gasteiger partial charge in [-0.3, -0.25) is 4.79 Å². The van der Waals surface area contributed by atoms with Crippen LogP contribution < -0.4 is 15.7 Å². The summed E-state index contributed by atoms with van der Waals surface area (Å²) in [7, 11) is 0. The lowest BCUT2D eigenvalue weighted by molar-refractivity contribution is -0.284. The monoisotopic (exact) mass is 521 g/mol. The average Bonchev–Trinajstić information content (AvgIpc) is 2.77. The van der Waals surface area contributed by atoms with E-state index in [1.165, 1.54) is 0 Å². The summed E-state index contributed by atoms with van der Waals surface area (Å²) < 4.78 is 55.5. The Balaban J connectivity index is 2.05. The molecule has 2 aromatic rings. The third-order valence-corrected chi connectivity index (χ3v) is 5.49. The minimum atomic E-state index is -4.90. The Hall–Kier alpha value is -3.24. The van der Waals surface area contributed by atoms with Crippen LogP contribution in [0.3, 0.4) is 0 Å². The number of benzene rings is 1. The van der Waals surface area contributed by atoms with Crippen molar-refractivity contribution in [2.24, 2.45) is 0 Å². The van der Waals surface area contributed by atoms with Crippen molar-refractivity contribution in [3.05, 3.63) is 40.2 Å². The largest absolute Gasteiger partial charge is 0.476 e. The Morgan fingerprint density at radius 2 is 1.94 bits per heavy atom. The highest BCUT2D eigenvalue weighted by Gasteiger charge is 2.56. The zero-order valence-electron chi connectivity index (χ0n) is 18.4. The number of amides is 1. The molecule has 6 N–H and O–H groups in total. The number of alkyl halides is 3. The SMILES string of the molecule is CC(=O)NC1C(O)CC(Oc2ccc3c(C(F)(F)F)cc(=O)oc3c2)(C(=O)O)OC1C(O)C(O)CO. The third kappa shape index (κ3) is 5.44. The minimum Gasteiger partial charge on any atom is -0.476 e. The van der Waals surface area contributed by atoms with E-state index in [2.05, 4.69) is 5.32 Å². The van der Waals surface area contributed by atoms with Gasteiger partial charge in [-0.15, -0.1) is 0 Å². The molecule has 36 heavy (non-hydrogen) atoms. The van der Waals surface area contributed by atoms with E-state index in [9.17, 15) is 48.0 Å². The smallest absolute Gasteiger partial charge is 0.417 e. The molecule has 0 saturated carbocycles. The lowest BCUT2D eigenvalue weighted by Crippen LogP contribution is -2.68. The number of aliphatic carboxylic acids is 1. The van der Waals surface area contributed by atoms with Gasteiger partial charge in [0.25, 0.3) is 0 Å². The molecule has 198 valence electrons. The molecular weight excluding hydrogens is 499 g/mol. The molecular formula is C21H22F3NO11. The van der Waals surface area contributed by atoms with Crippen molar-refractivity contribution >= 4 is 22.8 Å². The average molecular weight is 521 g/mol. The second kappa shape index (κ2) is 10.0. The second-order valence-electron chi connectivity index (χ2n) is 8.12. The number of carbonyl (C=O) groups is 2. The van der Waals surface area contributed by atoms with Crippen molar-refractivity contribution in [1.29, 1.82) is 0 Å². The van der Waals surface area contributed by atoms with E-state index < -0.39 is 95.2 Å². The van der Waals surface area contributed by atoms with E-state index in [1.54, 1.807) is 0 Å². The van der Waals surface area contributed by atoms with E-state index in [4.69, 9.17) is 19.0 Å². The molecule has 0 radical (unpaired) electrons. The Bertz CT molecular complexity index is 1200. The Morgan fingerprint density at radius 3 is 2.50 bits per heavy atom. The summed E-state index contributed by atoms with van der Waals surface area (Å²) in [4.78, 5) is 35.4. The lowest BCUT2D eigenvalue weighted by atomic mass is 9.88. The van der Waals surface area contributed by atoms with Gasteiger partial charge in [0, 0.05) is 24.4 Å². The zero-order chi connectivity index (χ0) is 27.0. The van der Waals surface area contributed by atoms with E-state index in [0.29, 0.717) is 0 Å². The number of carboxylic acids is 1. The number of hydrogen-bond acceptors (Lipinski definition) is 10. The molecule has 6 unspecified atom stereocenters. The minimum absolute atomic E-state index is 0.253. The molecule has 0 aliphatic carbocycles. The van der Waals surface area contributed by atoms with Gasteiger partial charge in [0.05, 0.1) is 30.7 Å². The van der Waals surface area contributed by atoms with Crippen LogP contribution in [0.1, 0.15) is 18.9 Å². The highest BCUT2D eigenvalue weighted by atomic mass is 19.4. The van der Waals surface area contributed by atoms with Crippen molar-refractivity contribution in [1.82, 2.24) is 5.32 Å². The highest BCUT2D eigenvalue weighted by molar-refractivity contribution is 5.82. The van der Waals surface area contributed by atoms with E-state index >= 15 is 0 Å². The fourth-order valence-electron chi connectivity index (χ4n) is 3.86. The first-order chi connectivity index (χ1) is 16.7. The molecule has 12 nitrogen and oxygen atoms in total. The van der Waals surface area contributed by atoms with Gasteiger partial charge in [0.2, 0.25) is 5.91 Å². The van der Waals surface area contributed by atoms with Gasteiger partial charge in [-0.1, -0.05) is 0 Å².